The fraction of sp³-hybridized carbons (Fsp3) is 0.250. The summed E-state index contributed by atoms with van der Waals surface area (Å²) < 4.78 is 1.73. The maximum Gasteiger partial charge on any atom is 0.152 e. The number of aryl methyl sites for hydroxylation is 1. The first kappa shape index (κ1) is 8.76. The Labute approximate surface area is 81.1 Å². The van der Waals surface area contributed by atoms with E-state index in [1.54, 1.807) is 10.9 Å². The number of H-pyrrole nitrogens is 1. The zero-order chi connectivity index (χ0) is 9.97. The lowest BCUT2D eigenvalue weighted by Crippen LogP contribution is -2.01. The van der Waals surface area contributed by atoms with Crippen molar-refractivity contribution in [1.82, 2.24) is 20.0 Å². The van der Waals surface area contributed by atoms with Gasteiger partial charge in [-0.1, -0.05) is 0 Å². The van der Waals surface area contributed by atoms with Gasteiger partial charge in [-0.2, -0.15) is 10.2 Å². The number of rotatable bonds is 3. The largest absolute Gasteiger partial charge is 0.336 e. The maximum absolute atomic E-state index is 5.52. The van der Waals surface area contributed by atoms with Gasteiger partial charge in [-0.3, -0.25) is 9.78 Å². The Bertz CT molecular complexity index is 415. The van der Waals surface area contributed by atoms with E-state index in [0.29, 0.717) is 6.54 Å². The van der Waals surface area contributed by atoms with Gasteiger partial charge >= 0.3 is 0 Å². The number of hydrogen-bond donors (Lipinski definition) is 3. The van der Waals surface area contributed by atoms with Gasteiger partial charge in [0.25, 0.3) is 0 Å². The molecule has 0 saturated heterocycles. The van der Waals surface area contributed by atoms with E-state index in [-0.39, 0.29) is 0 Å². The summed E-state index contributed by atoms with van der Waals surface area (Å²) in [5.41, 5.74) is 7.25. The molecular formula is C8H12N6. The van der Waals surface area contributed by atoms with Crippen molar-refractivity contribution >= 4 is 11.5 Å². The van der Waals surface area contributed by atoms with E-state index in [4.69, 9.17) is 5.73 Å². The van der Waals surface area contributed by atoms with Crippen LogP contribution in [-0.2, 0) is 13.6 Å². The van der Waals surface area contributed by atoms with E-state index in [1.807, 2.05) is 19.3 Å². The first-order valence-electron chi connectivity index (χ1n) is 4.28. The smallest absolute Gasteiger partial charge is 0.152 e. The molecule has 0 bridgehead atoms. The number of anilines is 2. The average molecular weight is 192 g/mol. The standard InChI is InChI=1S/C8H12N6/c1-14-3-2-8(13-14)11-7-5-10-12-6(7)4-9/h2-3,5H,4,9H2,1H3,(H,10,12)(H,11,13). The molecule has 0 amide bonds. The van der Waals surface area contributed by atoms with Gasteiger partial charge < -0.3 is 11.1 Å². The van der Waals surface area contributed by atoms with Gasteiger partial charge in [-0.15, -0.1) is 0 Å². The van der Waals surface area contributed by atoms with Crippen molar-refractivity contribution in [2.24, 2.45) is 12.8 Å². The number of nitrogens with two attached hydrogens (primary N) is 1. The van der Waals surface area contributed by atoms with Crippen LogP contribution in [0.3, 0.4) is 0 Å². The Balaban J connectivity index is 2.18. The Morgan fingerprint density at radius 1 is 1.64 bits per heavy atom. The fourth-order valence-electron chi connectivity index (χ4n) is 1.20. The molecule has 4 N–H and O–H groups in total. The quantitative estimate of drug-likeness (QED) is 0.655. The molecule has 14 heavy (non-hydrogen) atoms. The Hall–Kier alpha value is -1.82. The van der Waals surface area contributed by atoms with Crippen molar-refractivity contribution in [3.8, 4) is 0 Å². The third kappa shape index (κ3) is 1.60. The highest BCUT2D eigenvalue weighted by atomic mass is 15.3. The van der Waals surface area contributed by atoms with Crippen molar-refractivity contribution in [3.63, 3.8) is 0 Å². The molecule has 0 aliphatic rings. The molecule has 0 spiro atoms. The number of nitrogens with zero attached hydrogens (tertiary/aromatic N) is 3. The lowest BCUT2D eigenvalue weighted by atomic mass is 10.3. The molecule has 0 atom stereocenters. The summed E-state index contributed by atoms with van der Waals surface area (Å²) in [6, 6.07) is 1.88. The van der Waals surface area contributed by atoms with Crippen LogP contribution in [-0.4, -0.2) is 20.0 Å². The third-order valence-corrected chi connectivity index (χ3v) is 1.90. The van der Waals surface area contributed by atoms with E-state index in [1.165, 1.54) is 0 Å². The summed E-state index contributed by atoms with van der Waals surface area (Å²) in [4.78, 5) is 0. The minimum absolute atomic E-state index is 0.426. The molecule has 0 fully saturated rings. The molecule has 2 aromatic rings. The van der Waals surface area contributed by atoms with Crippen molar-refractivity contribution in [2.75, 3.05) is 5.32 Å². The van der Waals surface area contributed by atoms with Crippen LogP contribution in [0, 0.1) is 0 Å². The van der Waals surface area contributed by atoms with E-state index < -0.39 is 0 Å². The predicted molar refractivity (Wildman–Crippen MR) is 53.0 cm³/mol. The zero-order valence-electron chi connectivity index (χ0n) is 7.86. The molecule has 0 aliphatic heterocycles. The van der Waals surface area contributed by atoms with Crippen molar-refractivity contribution in [1.29, 1.82) is 0 Å². The van der Waals surface area contributed by atoms with Crippen molar-refractivity contribution in [3.05, 3.63) is 24.2 Å². The van der Waals surface area contributed by atoms with Gasteiger partial charge in [0.2, 0.25) is 0 Å². The molecule has 0 aliphatic carbocycles. The summed E-state index contributed by atoms with van der Waals surface area (Å²) in [5.74, 6) is 0.781. The summed E-state index contributed by atoms with van der Waals surface area (Å²) in [6.07, 6.45) is 3.56. The van der Waals surface area contributed by atoms with Crippen LogP contribution in [0.25, 0.3) is 0 Å². The van der Waals surface area contributed by atoms with Gasteiger partial charge in [0.15, 0.2) is 5.82 Å². The Morgan fingerprint density at radius 2 is 2.50 bits per heavy atom. The predicted octanol–water partition coefficient (Wildman–Crippen LogP) is 0.345. The number of aromatic nitrogens is 4. The van der Waals surface area contributed by atoms with E-state index in [2.05, 4.69) is 20.6 Å². The normalized spacial score (nSPS) is 10.4. The summed E-state index contributed by atoms with van der Waals surface area (Å²) in [6.45, 7) is 0.426. The number of nitrogens with one attached hydrogen (secondary N) is 2. The highest BCUT2D eigenvalue weighted by Crippen LogP contribution is 2.16. The number of hydrogen-bond acceptors (Lipinski definition) is 4. The second-order valence-electron chi connectivity index (χ2n) is 2.97. The molecule has 0 unspecified atom stereocenters. The van der Waals surface area contributed by atoms with E-state index >= 15 is 0 Å². The van der Waals surface area contributed by atoms with Crippen LogP contribution in [0.2, 0.25) is 0 Å². The Morgan fingerprint density at radius 3 is 3.14 bits per heavy atom. The van der Waals surface area contributed by atoms with E-state index in [0.717, 1.165) is 17.2 Å². The first-order valence-corrected chi connectivity index (χ1v) is 4.28. The lowest BCUT2D eigenvalue weighted by molar-refractivity contribution is 0.771. The number of aromatic amines is 1. The molecule has 6 nitrogen and oxygen atoms in total. The SMILES string of the molecule is Cn1ccc(Nc2cn[nH]c2CN)n1. The van der Waals surface area contributed by atoms with Crippen LogP contribution in [0.1, 0.15) is 5.69 Å². The van der Waals surface area contributed by atoms with Crippen LogP contribution < -0.4 is 11.1 Å². The summed E-state index contributed by atoms with van der Waals surface area (Å²) in [7, 11) is 1.87. The van der Waals surface area contributed by atoms with Crippen LogP contribution in [0.5, 0.6) is 0 Å². The van der Waals surface area contributed by atoms with Gasteiger partial charge in [0.05, 0.1) is 17.6 Å². The van der Waals surface area contributed by atoms with Crippen LogP contribution >= 0.6 is 0 Å². The van der Waals surface area contributed by atoms with Gasteiger partial charge in [0, 0.05) is 25.9 Å². The minimum Gasteiger partial charge on any atom is -0.336 e. The summed E-state index contributed by atoms with van der Waals surface area (Å²) >= 11 is 0. The minimum atomic E-state index is 0.426. The molecule has 0 aromatic carbocycles. The first-order chi connectivity index (χ1) is 6.79. The molecule has 2 heterocycles. The molecule has 0 radical (unpaired) electrons. The molecule has 0 saturated carbocycles. The highest BCUT2D eigenvalue weighted by molar-refractivity contribution is 5.57. The molecular weight excluding hydrogens is 180 g/mol. The van der Waals surface area contributed by atoms with Crippen LogP contribution in [0.15, 0.2) is 18.5 Å². The third-order valence-electron chi connectivity index (χ3n) is 1.90. The fourth-order valence-corrected chi connectivity index (χ4v) is 1.20. The molecule has 2 aromatic heterocycles. The monoisotopic (exact) mass is 192 g/mol. The van der Waals surface area contributed by atoms with Crippen molar-refractivity contribution < 1.29 is 0 Å². The van der Waals surface area contributed by atoms with Gasteiger partial charge in [0.1, 0.15) is 0 Å². The van der Waals surface area contributed by atoms with E-state index in [9.17, 15) is 0 Å². The Kier molecular flexibility index (Phi) is 2.19. The molecule has 2 rings (SSSR count). The van der Waals surface area contributed by atoms with Crippen molar-refractivity contribution in [2.45, 2.75) is 6.54 Å². The highest BCUT2D eigenvalue weighted by Gasteiger charge is 2.04. The average Bonchev–Trinajstić information content (AvgIpc) is 2.76. The van der Waals surface area contributed by atoms with Gasteiger partial charge in [-0.05, 0) is 0 Å². The van der Waals surface area contributed by atoms with Crippen LogP contribution in [0.4, 0.5) is 11.5 Å². The lowest BCUT2D eigenvalue weighted by Gasteiger charge is -2.00. The van der Waals surface area contributed by atoms with Gasteiger partial charge in [-0.25, -0.2) is 0 Å². The molecule has 74 valence electrons. The zero-order valence-corrected chi connectivity index (χ0v) is 7.86. The topological polar surface area (TPSA) is 84.5 Å². The maximum atomic E-state index is 5.52. The molecule has 6 heteroatoms. The second kappa shape index (κ2) is 3.51. The second-order valence-corrected chi connectivity index (χ2v) is 2.97. The summed E-state index contributed by atoms with van der Waals surface area (Å²) in [5, 5.41) is 14.0.